The summed E-state index contributed by atoms with van der Waals surface area (Å²) in [5, 5.41) is 3.67. The van der Waals surface area contributed by atoms with Crippen LogP contribution in [0.4, 0.5) is 0 Å². The molecule has 1 aromatic rings. The predicted molar refractivity (Wildman–Crippen MR) is 74.6 cm³/mol. The van der Waals surface area contributed by atoms with Crippen LogP contribution in [0.25, 0.3) is 0 Å². The zero-order chi connectivity index (χ0) is 12.3. The van der Waals surface area contributed by atoms with Gasteiger partial charge in [-0.3, -0.25) is 0 Å². The van der Waals surface area contributed by atoms with Gasteiger partial charge in [0.15, 0.2) is 0 Å². The highest BCUT2D eigenvalue weighted by molar-refractivity contribution is 5.44. The molecule has 1 aromatic carbocycles. The van der Waals surface area contributed by atoms with Crippen LogP contribution in [-0.2, 0) is 19.3 Å². The maximum Gasteiger partial charge on any atom is 0.0325 e. The second kappa shape index (κ2) is 5.68. The molecule has 0 saturated heterocycles. The molecule has 0 radical (unpaired) electrons. The van der Waals surface area contributed by atoms with E-state index < -0.39 is 0 Å². The topological polar surface area (TPSA) is 12.0 Å². The van der Waals surface area contributed by atoms with E-state index in [0.717, 1.165) is 13.0 Å². The Morgan fingerprint density at radius 1 is 1.12 bits per heavy atom. The van der Waals surface area contributed by atoms with Gasteiger partial charge in [-0.25, -0.2) is 0 Å². The Hall–Kier alpha value is -0.820. The predicted octanol–water partition coefficient (Wildman–Crippen LogP) is 3.80. The third kappa shape index (κ3) is 2.40. The molecule has 0 amide bonds. The van der Waals surface area contributed by atoms with Crippen LogP contribution in [0.2, 0.25) is 0 Å². The van der Waals surface area contributed by atoms with Crippen LogP contribution in [0.5, 0.6) is 0 Å². The first-order chi connectivity index (χ1) is 8.31. The Balaban J connectivity index is 2.48. The van der Waals surface area contributed by atoms with Crippen LogP contribution in [-0.4, -0.2) is 6.54 Å². The Kier molecular flexibility index (Phi) is 4.22. The van der Waals surface area contributed by atoms with E-state index in [2.05, 4.69) is 38.2 Å². The molecule has 0 spiro atoms. The highest BCUT2D eigenvalue weighted by atomic mass is 14.9. The molecular formula is C16H25N. The summed E-state index contributed by atoms with van der Waals surface area (Å²) in [4.78, 5) is 0. The van der Waals surface area contributed by atoms with E-state index in [1.807, 2.05) is 0 Å². The van der Waals surface area contributed by atoms with Gasteiger partial charge in [-0.1, -0.05) is 32.9 Å². The first-order valence-corrected chi connectivity index (χ1v) is 7.18. The molecule has 0 aromatic heterocycles. The molecule has 1 aliphatic rings. The number of rotatable bonds is 4. The van der Waals surface area contributed by atoms with Gasteiger partial charge in [0.2, 0.25) is 0 Å². The fraction of sp³-hybridized carbons (Fsp3) is 0.625. The van der Waals surface area contributed by atoms with Gasteiger partial charge < -0.3 is 5.32 Å². The summed E-state index contributed by atoms with van der Waals surface area (Å²) in [5.74, 6) is 0. The number of hydrogen-bond donors (Lipinski definition) is 1. The lowest BCUT2D eigenvalue weighted by molar-refractivity contribution is 0.467. The van der Waals surface area contributed by atoms with Gasteiger partial charge in [0.25, 0.3) is 0 Å². The van der Waals surface area contributed by atoms with Crippen LogP contribution in [0.15, 0.2) is 12.1 Å². The van der Waals surface area contributed by atoms with Gasteiger partial charge in [-0.05, 0) is 60.9 Å². The van der Waals surface area contributed by atoms with Gasteiger partial charge >= 0.3 is 0 Å². The Bertz CT molecular complexity index is 381. The summed E-state index contributed by atoms with van der Waals surface area (Å²) in [6.45, 7) is 7.84. The maximum atomic E-state index is 3.67. The van der Waals surface area contributed by atoms with E-state index in [0.29, 0.717) is 6.04 Å². The van der Waals surface area contributed by atoms with E-state index in [4.69, 9.17) is 0 Å². The molecule has 1 unspecified atom stereocenters. The van der Waals surface area contributed by atoms with Gasteiger partial charge in [0.05, 0.1) is 0 Å². The van der Waals surface area contributed by atoms with E-state index in [1.165, 1.54) is 25.7 Å². The molecule has 1 nitrogen and oxygen atoms in total. The van der Waals surface area contributed by atoms with Crippen LogP contribution in [0, 0.1) is 0 Å². The molecule has 0 saturated carbocycles. The zero-order valence-electron chi connectivity index (χ0n) is 11.5. The van der Waals surface area contributed by atoms with Crippen LogP contribution < -0.4 is 5.32 Å². The van der Waals surface area contributed by atoms with Gasteiger partial charge in [-0.2, -0.15) is 0 Å². The van der Waals surface area contributed by atoms with Gasteiger partial charge in [0, 0.05) is 6.04 Å². The van der Waals surface area contributed by atoms with Gasteiger partial charge in [-0.15, -0.1) is 0 Å². The molecule has 0 fully saturated rings. The molecule has 94 valence electrons. The van der Waals surface area contributed by atoms with Crippen molar-refractivity contribution in [1.29, 1.82) is 0 Å². The monoisotopic (exact) mass is 231 g/mol. The molecule has 1 aliphatic carbocycles. The molecule has 17 heavy (non-hydrogen) atoms. The number of fused-ring (bicyclic) bond motifs is 1. The van der Waals surface area contributed by atoms with Crippen molar-refractivity contribution in [2.75, 3.05) is 6.54 Å². The average Bonchev–Trinajstić information content (AvgIpc) is 2.38. The Morgan fingerprint density at radius 2 is 1.82 bits per heavy atom. The summed E-state index contributed by atoms with van der Waals surface area (Å²) in [7, 11) is 0. The summed E-state index contributed by atoms with van der Waals surface area (Å²) >= 11 is 0. The average molecular weight is 231 g/mol. The lowest BCUT2D eigenvalue weighted by Gasteiger charge is -2.30. The molecule has 1 heteroatoms. The minimum Gasteiger partial charge on any atom is -0.310 e. The van der Waals surface area contributed by atoms with E-state index >= 15 is 0 Å². The summed E-state index contributed by atoms with van der Waals surface area (Å²) in [5.41, 5.74) is 6.42. The molecule has 1 atom stereocenters. The molecular weight excluding hydrogens is 206 g/mol. The zero-order valence-corrected chi connectivity index (χ0v) is 11.5. The van der Waals surface area contributed by atoms with Crippen molar-refractivity contribution < 1.29 is 0 Å². The Morgan fingerprint density at radius 3 is 2.47 bits per heavy atom. The van der Waals surface area contributed by atoms with Crippen LogP contribution >= 0.6 is 0 Å². The highest BCUT2D eigenvalue weighted by Gasteiger charge is 2.23. The molecule has 0 aliphatic heterocycles. The summed E-state index contributed by atoms with van der Waals surface area (Å²) in [6.07, 6.45) is 6.26. The number of hydrogen-bond acceptors (Lipinski definition) is 1. The largest absolute Gasteiger partial charge is 0.310 e. The van der Waals surface area contributed by atoms with Crippen LogP contribution in [0.3, 0.4) is 0 Å². The van der Waals surface area contributed by atoms with Crippen molar-refractivity contribution >= 4 is 0 Å². The van der Waals surface area contributed by atoms with E-state index in [-0.39, 0.29) is 0 Å². The highest BCUT2D eigenvalue weighted by Crippen LogP contribution is 2.35. The number of benzene rings is 1. The standard InChI is InChI=1S/C16H25N/c1-4-12-10-11-13(5-2)16-14(12)8-7-9-15(16)17-6-3/h10-11,15,17H,4-9H2,1-3H3. The van der Waals surface area contributed by atoms with Crippen molar-refractivity contribution in [3.63, 3.8) is 0 Å². The Labute approximate surface area is 106 Å². The van der Waals surface area contributed by atoms with E-state index in [9.17, 15) is 0 Å². The van der Waals surface area contributed by atoms with Gasteiger partial charge in [0.1, 0.15) is 0 Å². The third-order valence-corrected chi connectivity index (χ3v) is 4.02. The fourth-order valence-corrected chi connectivity index (χ4v) is 3.21. The number of aryl methyl sites for hydroxylation is 2. The fourth-order valence-electron chi connectivity index (χ4n) is 3.21. The normalized spacial score (nSPS) is 19.1. The minimum absolute atomic E-state index is 0.602. The molecule has 1 N–H and O–H groups in total. The van der Waals surface area contributed by atoms with Crippen molar-refractivity contribution in [2.45, 2.75) is 58.9 Å². The smallest absolute Gasteiger partial charge is 0.0325 e. The van der Waals surface area contributed by atoms with Crippen molar-refractivity contribution in [2.24, 2.45) is 0 Å². The van der Waals surface area contributed by atoms with E-state index in [1.54, 1.807) is 22.3 Å². The first kappa shape index (κ1) is 12.6. The molecule has 0 bridgehead atoms. The van der Waals surface area contributed by atoms with Crippen LogP contribution in [0.1, 0.15) is 61.9 Å². The summed E-state index contributed by atoms with van der Waals surface area (Å²) in [6, 6.07) is 5.31. The van der Waals surface area contributed by atoms with Crippen molar-refractivity contribution in [3.05, 3.63) is 34.4 Å². The lowest BCUT2D eigenvalue weighted by Crippen LogP contribution is -2.27. The molecule has 2 rings (SSSR count). The van der Waals surface area contributed by atoms with Crippen molar-refractivity contribution in [1.82, 2.24) is 5.32 Å². The molecule has 0 heterocycles. The second-order valence-corrected chi connectivity index (χ2v) is 4.99. The quantitative estimate of drug-likeness (QED) is 0.831. The lowest BCUT2D eigenvalue weighted by atomic mass is 9.81. The third-order valence-electron chi connectivity index (χ3n) is 4.02. The SMILES string of the molecule is CCNC1CCCc2c(CC)ccc(CC)c21. The number of nitrogens with one attached hydrogen (secondary N) is 1. The maximum absolute atomic E-state index is 3.67. The second-order valence-electron chi connectivity index (χ2n) is 4.99. The summed E-state index contributed by atoms with van der Waals surface area (Å²) < 4.78 is 0. The first-order valence-electron chi connectivity index (χ1n) is 7.18. The minimum atomic E-state index is 0.602. The van der Waals surface area contributed by atoms with Crippen molar-refractivity contribution in [3.8, 4) is 0 Å².